The number of allylic oxidation sites excluding steroid dienone is 1. The molecule has 3 heteroatoms. The molecule has 130 valence electrons. The van der Waals surface area contributed by atoms with Crippen molar-refractivity contribution in [2.75, 3.05) is 5.75 Å². The van der Waals surface area contributed by atoms with Crippen molar-refractivity contribution in [2.45, 2.75) is 57.8 Å². The SMILES string of the molecule is CC1(C)CCC[C@]2(C)C(C[S@](=O)c3ccccc3)=C(C=O)CC[C@@H]12. The summed E-state index contributed by atoms with van der Waals surface area (Å²) in [4.78, 5) is 12.6. The molecule has 2 aliphatic carbocycles. The quantitative estimate of drug-likeness (QED) is 0.727. The minimum absolute atomic E-state index is 0.0146. The van der Waals surface area contributed by atoms with E-state index in [0.717, 1.165) is 36.0 Å². The van der Waals surface area contributed by atoms with E-state index in [0.29, 0.717) is 17.1 Å². The number of carbonyl (C=O) groups is 1. The van der Waals surface area contributed by atoms with Crippen molar-refractivity contribution in [3.63, 3.8) is 0 Å². The Balaban J connectivity index is 1.97. The molecule has 1 saturated carbocycles. The van der Waals surface area contributed by atoms with Gasteiger partial charge in [0.05, 0.1) is 16.6 Å². The van der Waals surface area contributed by atoms with Crippen molar-refractivity contribution in [1.29, 1.82) is 0 Å². The molecule has 2 nitrogen and oxygen atoms in total. The molecule has 0 aromatic heterocycles. The van der Waals surface area contributed by atoms with Gasteiger partial charge in [-0.2, -0.15) is 0 Å². The second-order valence-corrected chi connectivity index (χ2v) is 9.73. The molecular formula is C21H28O2S. The summed E-state index contributed by atoms with van der Waals surface area (Å²) in [5.74, 6) is 1.08. The van der Waals surface area contributed by atoms with E-state index in [4.69, 9.17) is 0 Å². The molecule has 0 saturated heterocycles. The molecule has 1 aromatic carbocycles. The van der Waals surface area contributed by atoms with Crippen molar-refractivity contribution >= 4 is 17.1 Å². The normalized spacial score (nSPS) is 30.5. The van der Waals surface area contributed by atoms with Gasteiger partial charge in [-0.15, -0.1) is 0 Å². The Morgan fingerprint density at radius 3 is 2.54 bits per heavy atom. The lowest BCUT2D eigenvalue weighted by molar-refractivity contribution is -0.105. The average Bonchev–Trinajstić information content (AvgIpc) is 2.56. The molecule has 2 aliphatic rings. The van der Waals surface area contributed by atoms with Crippen molar-refractivity contribution in [1.82, 2.24) is 0 Å². The predicted molar refractivity (Wildman–Crippen MR) is 99.3 cm³/mol. The molecule has 1 aromatic rings. The van der Waals surface area contributed by atoms with E-state index < -0.39 is 10.8 Å². The first-order chi connectivity index (χ1) is 11.4. The summed E-state index contributed by atoms with van der Waals surface area (Å²) < 4.78 is 12.9. The average molecular weight is 345 g/mol. The Bertz CT molecular complexity index is 674. The minimum atomic E-state index is -1.09. The summed E-state index contributed by atoms with van der Waals surface area (Å²) in [7, 11) is -1.09. The molecular weight excluding hydrogens is 316 g/mol. The van der Waals surface area contributed by atoms with Gasteiger partial charge in [0.2, 0.25) is 0 Å². The summed E-state index contributed by atoms with van der Waals surface area (Å²) in [5.41, 5.74) is 2.39. The van der Waals surface area contributed by atoms with Crippen LogP contribution in [0.1, 0.15) is 52.9 Å². The van der Waals surface area contributed by atoms with Crippen LogP contribution in [0.5, 0.6) is 0 Å². The van der Waals surface area contributed by atoms with Crippen molar-refractivity contribution in [3.05, 3.63) is 41.5 Å². The molecule has 3 atom stereocenters. The van der Waals surface area contributed by atoms with Gasteiger partial charge in [0.15, 0.2) is 0 Å². The van der Waals surface area contributed by atoms with Crippen molar-refractivity contribution < 1.29 is 9.00 Å². The molecule has 0 heterocycles. The maximum Gasteiger partial charge on any atom is 0.146 e. The monoisotopic (exact) mass is 344 g/mol. The van der Waals surface area contributed by atoms with E-state index in [1.54, 1.807) is 0 Å². The van der Waals surface area contributed by atoms with E-state index >= 15 is 0 Å². The van der Waals surface area contributed by atoms with Crippen LogP contribution in [-0.4, -0.2) is 16.2 Å². The molecule has 0 aliphatic heterocycles. The Hall–Kier alpha value is -1.22. The minimum Gasteiger partial charge on any atom is -0.298 e. The van der Waals surface area contributed by atoms with Gasteiger partial charge >= 0.3 is 0 Å². The summed E-state index contributed by atoms with van der Waals surface area (Å²) in [6.45, 7) is 7.05. The maximum absolute atomic E-state index is 12.9. The van der Waals surface area contributed by atoms with Gasteiger partial charge in [-0.1, -0.05) is 45.4 Å². The topological polar surface area (TPSA) is 34.1 Å². The summed E-state index contributed by atoms with van der Waals surface area (Å²) >= 11 is 0. The predicted octanol–water partition coefficient (Wildman–Crippen LogP) is 4.92. The smallest absolute Gasteiger partial charge is 0.146 e. The Morgan fingerprint density at radius 2 is 1.88 bits per heavy atom. The number of benzene rings is 1. The Morgan fingerprint density at radius 1 is 1.17 bits per heavy atom. The molecule has 3 rings (SSSR count). The molecule has 0 spiro atoms. The third-order valence-electron chi connectivity index (χ3n) is 6.43. The van der Waals surface area contributed by atoms with E-state index in [-0.39, 0.29) is 5.41 Å². The van der Waals surface area contributed by atoms with Crippen LogP contribution in [0.2, 0.25) is 0 Å². The molecule has 0 N–H and O–H groups in total. The van der Waals surface area contributed by atoms with Crippen LogP contribution in [0.4, 0.5) is 0 Å². The van der Waals surface area contributed by atoms with Crippen LogP contribution in [0.3, 0.4) is 0 Å². The largest absolute Gasteiger partial charge is 0.298 e. The fraction of sp³-hybridized carbons (Fsp3) is 0.571. The fourth-order valence-electron chi connectivity index (χ4n) is 5.18. The second-order valence-electron chi connectivity index (χ2n) is 8.28. The zero-order valence-electron chi connectivity index (χ0n) is 15.0. The molecule has 24 heavy (non-hydrogen) atoms. The molecule has 0 unspecified atom stereocenters. The Labute approximate surface area is 148 Å². The highest BCUT2D eigenvalue weighted by atomic mass is 32.2. The van der Waals surface area contributed by atoms with Crippen LogP contribution in [0, 0.1) is 16.7 Å². The van der Waals surface area contributed by atoms with Crippen LogP contribution in [0.25, 0.3) is 0 Å². The van der Waals surface area contributed by atoms with Gasteiger partial charge < -0.3 is 0 Å². The van der Waals surface area contributed by atoms with E-state index in [1.807, 2.05) is 30.3 Å². The molecule has 0 amide bonds. The van der Waals surface area contributed by atoms with Gasteiger partial charge in [0.1, 0.15) is 6.29 Å². The standard InChI is InChI=1S/C21H28O2S/c1-20(2)12-7-13-21(3)18(16(14-22)10-11-19(20)21)15-24(23)17-8-5-4-6-9-17/h4-6,8-9,14,19H,7,10-13,15H2,1-3H3/t19-,21+,24-/m0/s1. The lowest BCUT2D eigenvalue weighted by Crippen LogP contribution is -2.46. The zero-order chi connectivity index (χ0) is 17.4. The third kappa shape index (κ3) is 3.03. The highest BCUT2D eigenvalue weighted by Crippen LogP contribution is 2.59. The van der Waals surface area contributed by atoms with E-state index in [1.165, 1.54) is 18.4 Å². The van der Waals surface area contributed by atoms with Crippen molar-refractivity contribution in [3.8, 4) is 0 Å². The van der Waals surface area contributed by atoms with Crippen LogP contribution < -0.4 is 0 Å². The first-order valence-electron chi connectivity index (χ1n) is 8.99. The third-order valence-corrected chi connectivity index (χ3v) is 7.78. The number of fused-ring (bicyclic) bond motifs is 1. The highest BCUT2D eigenvalue weighted by molar-refractivity contribution is 7.85. The lowest BCUT2D eigenvalue weighted by atomic mass is 9.50. The number of aldehydes is 1. The molecule has 1 fully saturated rings. The Kier molecular flexibility index (Phi) is 4.83. The van der Waals surface area contributed by atoms with Crippen LogP contribution in [0.15, 0.2) is 46.4 Å². The number of carbonyl (C=O) groups excluding carboxylic acids is 1. The molecule has 0 bridgehead atoms. The maximum atomic E-state index is 12.9. The number of hydrogen-bond donors (Lipinski definition) is 0. The van der Waals surface area contributed by atoms with Crippen LogP contribution >= 0.6 is 0 Å². The molecule has 0 radical (unpaired) electrons. The second kappa shape index (κ2) is 6.59. The van der Waals surface area contributed by atoms with Crippen LogP contribution in [-0.2, 0) is 15.6 Å². The van der Waals surface area contributed by atoms with E-state index in [2.05, 4.69) is 20.8 Å². The summed E-state index contributed by atoms with van der Waals surface area (Å²) in [6, 6.07) is 9.64. The highest BCUT2D eigenvalue weighted by Gasteiger charge is 2.50. The van der Waals surface area contributed by atoms with Gasteiger partial charge in [-0.3, -0.25) is 9.00 Å². The van der Waals surface area contributed by atoms with Gasteiger partial charge in [-0.25, -0.2) is 0 Å². The van der Waals surface area contributed by atoms with Gasteiger partial charge in [0, 0.05) is 4.90 Å². The number of hydrogen-bond acceptors (Lipinski definition) is 2. The summed E-state index contributed by atoms with van der Waals surface area (Å²) in [5, 5.41) is 0. The van der Waals surface area contributed by atoms with Gasteiger partial charge in [-0.05, 0) is 65.7 Å². The van der Waals surface area contributed by atoms with E-state index in [9.17, 15) is 9.00 Å². The lowest BCUT2D eigenvalue weighted by Gasteiger charge is -2.55. The van der Waals surface area contributed by atoms with Gasteiger partial charge in [0.25, 0.3) is 0 Å². The van der Waals surface area contributed by atoms with Crippen molar-refractivity contribution in [2.24, 2.45) is 16.7 Å². The first kappa shape index (κ1) is 17.6. The summed E-state index contributed by atoms with van der Waals surface area (Å²) in [6.07, 6.45) is 6.50. The number of rotatable bonds is 4. The fourth-order valence-corrected chi connectivity index (χ4v) is 6.59. The zero-order valence-corrected chi connectivity index (χ0v) is 15.8. The first-order valence-corrected chi connectivity index (χ1v) is 10.3.